The Morgan fingerprint density at radius 3 is 2.19 bits per heavy atom. The van der Waals surface area contributed by atoms with Gasteiger partial charge in [0.25, 0.3) is 5.91 Å². The van der Waals surface area contributed by atoms with Crippen LogP contribution < -0.4 is 21.7 Å². The maximum absolute atomic E-state index is 12.5. The molecule has 1 atom stereocenters. The van der Waals surface area contributed by atoms with Gasteiger partial charge in [-0.2, -0.15) is 0 Å². The second-order valence-corrected chi connectivity index (χ2v) is 7.44. The van der Waals surface area contributed by atoms with E-state index in [2.05, 4.69) is 34.7 Å². The summed E-state index contributed by atoms with van der Waals surface area (Å²) in [5.74, 6) is -0.531. The fourth-order valence-electron chi connectivity index (χ4n) is 3.57. The van der Waals surface area contributed by atoms with Crippen molar-refractivity contribution in [3.63, 3.8) is 0 Å². The van der Waals surface area contributed by atoms with Gasteiger partial charge in [-0.05, 0) is 35.4 Å². The van der Waals surface area contributed by atoms with Crippen molar-refractivity contribution in [2.45, 2.75) is 25.4 Å². The van der Waals surface area contributed by atoms with Crippen molar-refractivity contribution >= 4 is 42.5 Å². The lowest BCUT2D eigenvalue weighted by Crippen LogP contribution is -2.47. The number of fused-ring (bicyclic) bond motifs is 1. The van der Waals surface area contributed by atoms with Crippen LogP contribution in [0, 0.1) is 11.3 Å². The number of amides is 2. The fraction of sp³-hybridized carbons (Fsp3) is 0.261. The van der Waals surface area contributed by atoms with E-state index in [0.29, 0.717) is 5.84 Å². The monoisotopic (exact) mass is 477 g/mol. The summed E-state index contributed by atoms with van der Waals surface area (Å²) in [6.07, 6.45) is 1.51. The summed E-state index contributed by atoms with van der Waals surface area (Å²) in [7, 11) is 1.69. The lowest BCUT2D eigenvalue weighted by molar-refractivity contribution is -0.125. The first kappa shape index (κ1) is 27.2. The van der Waals surface area contributed by atoms with E-state index in [9.17, 15) is 9.59 Å². The third-order valence-corrected chi connectivity index (χ3v) is 5.39. The summed E-state index contributed by atoms with van der Waals surface area (Å²) < 4.78 is 0. The van der Waals surface area contributed by atoms with Crippen LogP contribution in [-0.4, -0.2) is 30.7 Å². The van der Waals surface area contributed by atoms with E-state index in [-0.39, 0.29) is 43.0 Å². The molecule has 1 aliphatic rings. The van der Waals surface area contributed by atoms with Crippen LogP contribution in [0.4, 0.5) is 0 Å². The number of rotatable bonds is 7. The van der Waals surface area contributed by atoms with Crippen molar-refractivity contribution < 1.29 is 9.59 Å². The van der Waals surface area contributed by atoms with Crippen molar-refractivity contribution in [2.75, 3.05) is 7.05 Å². The Bertz CT molecular complexity index is 954. The molecule has 9 heteroatoms. The molecule has 0 heterocycles. The molecule has 0 saturated heterocycles. The zero-order valence-electron chi connectivity index (χ0n) is 17.8. The van der Waals surface area contributed by atoms with Gasteiger partial charge in [-0.15, -0.1) is 24.8 Å². The van der Waals surface area contributed by atoms with Gasteiger partial charge in [0.2, 0.25) is 5.91 Å². The normalized spacial score (nSPS) is 12.9. The SMILES string of the molecule is C=C(NC(=O)C(N)C1Cc2ccccc2C1)C(=O)NCc1ccc(C(=N)NC)cc1.Cl.Cl. The first-order valence-corrected chi connectivity index (χ1v) is 9.85. The molecule has 32 heavy (non-hydrogen) atoms. The summed E-state index contributed by atoms with van der Waals surface area (Å²) in [5, 5.41) is 15.8. The molecule has 0 radical (unpaired) electrons. The van der Waals surface area contributed by atoms with E-state index >= 15 is 0 Å². The van der Waals surface area contributed by atoms with Gasteiger partial charge in [0, 0.05) is 19.2 Å². The Hall–Kier alpha value is -2.87. The molecular weight excluding hydrogens is 449 g/mol. The van der Waals surface area contributed by atoms with E-state index in [1.54, 1.807) is 19.2 Å². The molecular formula is C23H29Cl2N5O2. The van der Waals surface area contributed by atoms with Gasteiger partial charge < -0.3 is 21.7 Å². The highest BCUT2D eigenvalue weighted by Crippen LogP contribution is 2.28. The van der Waals surface area contributed by atoms with Crippen LogP contribution in [0.1, 0.15) is 22.3 Å². The lowest BCUT2D eigenvalue weighted by Gasteiger charge is -2.19. The van der Waals surface area contributed by atoms with Crippen LogP contribution in [0.3, 0.4) is 0 Å². The third kappa shape index (κ3) is 6.56. The highest BCUT2D eigenvalue weighted by atomic mass is 35.5. The van der Waals surface area contributed by atoms with Crippen molar-refractivity contribution in [1.82, 2.24) is 16.0 Å². The molecule has 1 aliphatic carbocycles. The van der Waals surface area contributed by atoms with Crippen molar-refractivity contribution in [2.24, 2.45) is 11.7 Å². The summed E-state index contributed by atoms with van der Waals surface area (Å²) in [4.78, 5) is 24.8. The van der Waals surface area contributed by atoms with Crippen LogP contribution >= 0.6 is 24.8 Å². The summed E-state index contributed by atoms with van der Waals surface area (Å²) in [6.45, 7) is 3.95. The molecule has 0 spiro atoms. The van der Waals surface area contributed by atoms with Crippen LogP contribution in [-0.2, 0) is 29.0 Å². The topological polar surface area (TPSA) is 120 Å². The van der Waals surface area contributed by atoms with Crippen molar-refractivity contribution in [3.8, 4) is 0 Å². The predicted octanol–water partition coefficient (Wildman–Crippen LogP) is 2.06. The molecule has 0 aromatic heterocycles. The predicted molar refractivity (Wildman–Crippen MR) is 131 cm³/mol. The summed E-state index contributed by atoms with van der Waals surface area (Å²) >= 11 is 0. The Morgan fingerprint density at radius 1 is 1.09 bits per heavy atom. The summed E-state index contributed by atoms with van der Waals surface area (Å²) in [6, 6.07) is 14.6. The van der Waals surface area contributed by atoms with Gasteiger partial charge in [-0.3, -0.25) is 15.0 Å². The van der Waals surface area contributed by atoms with E-state index in [1.165, 1.54) is 11.1 Å². The average Bonchev–Trinajstić information content (AvgIpc) is 3.20. The molecule has 7 nitrogen and oxygen atoms in total. The first-order valence-electron chi connectivity index (χ1n) is 9.85. The van der Waals surface area contributed by atoms with Crippen molar-refractivity contribution in [1.29, 1.82) is 5.41 Å². The quantitative estimate of drug-likeness (QED) is 0.238. The molecule has 0 fully saturated rings. The van der Waals surface area contributed by atoms with Crippen LogP contribution in [0.25, 0.3) is 0 Å². The molecule has 2 aromatic rings. The van der Waals surface area contributed by atoms with E-state index < -0.39 is 17.9 Å². The van der Waals surface area contributed by atoms with E-state index in [4.69, 9.17) is 11.1 Å². The van der Waals surface area contributed by atoms with Gasteiger partial charge >= 0.3 is 0 Å². The number of halogens is 2. The second-order valence-electron chi connectivity index (χ2n) is 7.44. The van der Waals surface area contributed by atoms with Crippen LogP contribution in [0.5, 0.6) is 0 Å². The van der Waals surface area contributed by atoms with E-state index in [0.717, 1.165) is 24.0 Å². The Kier molecular flexibility index (Phi) is 10.4. The Balaban J connectivity index is 0.00000256. The highest BCUT2D eigenvalue weighted by Gasteiger charge is 2.31. The minimum atomic E-state index is -0.711. The smallest absolute Gasteiger partial charge is 0.267 e. The lowest BCUT2D eigenvalue weighted by atomic mass is 9.96. The largest absolute Gasteiger partial charge is 0.373 e. The molecule has 172 valence electrons. The molecule has 3 rings (SSSR count). The molecule has 0 bridgehead atoms. The highest BCUT2D eigenvalue weighted by molar-refractivity contribution is 5.98. The Labute approximate surface area is 200 Å². The zero-order valence-corrected chi connectivity index (χ0v) is 19.4. The number of amidine groups is 1. The average molecular weight is 478 g/mol. The van der Waals surface area contributed by atoms with Gasteiger partial charge in [0.05, 0.1) is 11.7 Å². The maximum Gasteiger partial charge on any atom is 0.267 e. The van der Waals surface area contributed by atoms with Gasteiger partial charge in [0.15, 0.2) is 0 Å². The number of benzene rings is 2. The number of nitrogens with one attached hydrogen (secondary N) is 4. The maximum atomic E-state index is 12.5. The fourth-order valence-corrected chi connectivity index (χ4v) is 3.57. The molecule has 2 amide bonds. The molecule has 6 N–H and O–H groups in total. The van der Waals surface area contributed by atoms with Crippen LogP contribution in [0.2, 0.25) is 0 Å². The second kappa shape index (κ2) is 12.2. The standard InChI is InChI=1S/C23H27N5O2.2ClH/c1-14(22(29)27-13-15-7-9-16(10-8-15)21(25)26-2)28-23(30)20(24)19-11-17-5-3-4-6-18(17)12-19;;/h3-10,19-20H,1,11-13,24H2,2H3,(H2,25,26)(H,27,29)(H,28,30);2*1H. The number of hydrogen-bond donors (Lipinski definition) is 5. The Morgan fingerprint density at radius 2 is 1.66 bits per heavy atom. The summed E-state index contributed by atoms with van der Waals surface area (Å²) in [5.41, 5.74) is 10.2. The number of carbonyl (C=O) groups excluding carboxylic acids is 2. The zero-order chi connectivity index (χ0) is 21.7. The van der Waals surface area contributed by atoms with Crippen LogP contribution in [0.15, 0.2) is 60.8 Å². The third-order valence-electron chi connectivity index (χ3n) is 5.39. The molecule has 0 saturated carbocycles. The molecule has 0 aliphatic heterocycles. The number of hydrogen-bond acceptors (Lipinski definition) is 4. The van der Waals surface area contributed by atoms with E-state index in [1.807, 2.05) is 24.3 Å². The number of nitrogens with two attached hydrogens (primary N) is 1. The van der Waals surface area contributed by atoms with Gasteiger partial charge in [0.1, 0.15) is 5.84 Å². The van der Waals surface area contributed by atoms with Gasteiger partial charge in [-0.1, -0.05) is 55.1 Å². The molecule has 1 unspecified atom stereocenters. The molecule has 2 aromatic carbocycles. The number of carbonyl (C=O) groups is 2. The minimum Gasteiger partial charge on any atom is -0.373 e. The first-order chi connectivity index (χ1) is 14.4. The van der Waals surface area contributed by atoms with Crippen molar-refractivity contribution in [3.05, 3.63) is 83.1 Å². The minimum absolute atomic E-state index is 0. The van der Waals surface area contributed by atoms with Gasteiger partial charge in [-0.25, -0.2) is 0 Å².